The first kappa shape index (κ1) is 21.8. The molecule has 0 radical (unpaired) electrons. The SMILES string of the molecule is CCNC(=NCCCN1CCN(c2ncccn2)CC1)N(C)CCOCC1CC1. The monoisotopic (exact) mass is 403 g/mol. The minimum Gasteiger partial charge on any atom is -0.379 e. The van der Waals surface area contributed by atoms with Gasteiger partial charge in [0.2, 0.25) is 5.95 Å². The van der Waals surface area contributed by atoms with E-state index in [-0.39, 0.29) is 0 Å². The van der Waals surface area contributed by atoms with Gasteiger partial charge in [0.25, 0.3) is 0 Å². The predicted molar refractivity (Wildman–Crippen MR) is 117 cm³/mol. The minimum absolute atomic E-state index is 0.771. The maximum atomic E-state index is 5.76. The second-order valence-electron chi connectivity index (χ2n) is 7.91. The molecule has 1 N–H and O–H groups in total. The lowest BCUT2D eigenvalue weighted by Gasteiger charge is -2.34. The average Bonchev–Trinajstić information content (AvgIpc) is 3.59. The fraction of sp³-hybridized carbons (Fsp3) is 0.762. The standard InChI is InChI=1S/C21H37N7O/c1-3-22-20(26(2)16-17-29-18-19-6-7-19)23-10-5-11-27-12-14-28(15-13-27)21-24-8-4-9-25-21/h4,8-9,19H,3,5-7,10-18H2,1-2H3,(H,22,23). The number of aliphatic imine (C=N–C) groups is 1. The Hall–Kier alpha value is -1.93. The van der Waals surface area contributed by atoms with Crippen molar-refractivity contribution in [3.8, 4) is 0 Å². The third-order valence-electron chi connectivity index (χ3n) is 5.42. The van der Waals surface area contributed by atoms with E-state index in [1.807, 2.05) is 18.5 Å². The molecule has 0 unspecified atom stereocenters. The van der Waals surface area contributed by atoms with E-state index < -0.39 is 0 Å². The molecule has 0 aromatic carbocycles. The quantitative estimate of drug-likeness (QED) is 0.339. The summed E-state index contributed by atoms with van der Waals surface area (Å²) in [6.07, 6.45) is 7.38. The summed E-state index contributed by atoms with van der Waals surface area (Å²) in [5, 5.41) is 3.39. The molecule has 29 heavy (non-hydrogen) atoms. The number of hydrogen-bond donors (Lipinski definition) is 1. The first-order chi connectivity index (χ1) is 14.3. The molecule has 8 nitrogen and oxygen atoms in total. The van der Waals surface area contributed by atoms with E-state index in [0.717, 1.165) is 89.8 Å². The highest BCUT2D eigenvalue weighted by atomic mass is 16.5. The van der Waals surface area contributed by atoms with Crippen molar-refractivity contribution in [1.29, 1.82) is 0 Å². The van der Waals surface area contributed by atoms with Crippen LogP contribution in [0.3, 0.4) is 0 Å². The maximum Gasteiger partial charge on any atom is 0.225 e. The van der Waals surface area contributed by atoms with Crippen LogP contribution in [0.4, 0.5) is 5.95 Å². The Morgan fingerprint density at radius 2 is 2.00 bits per heavy atom. The molecule has 1 aromatic heterocycles. The molecule has 2 heterocycles. The van der Waals surface area contributed by atoms with Gasteiger partial charge in [0.1, 0.15) is 0 Å². The third kappa shape index (κ3) is 7.78. The van der Waals surface area contributed by atoms with Crippen LogP contribution in [0.1, 0.15) is 26.2 Å². The highest BCUT2D eigenvalue weighted by molar-refractivity contribution is 5.79. The van der Waals surface area contributed by atoms with Crippen molar-refractivity contribution in [2.45, 2.75) is 26.2 Å². The summed E-state index contributed by atoms with van der Waals surface area (Å²) in [6, 6.07) is 1.86. The van der Waals surface area contributed by atoms with E-state index in [0.29, 0.717) is 0 Å². The Morgan fingerprint density at radius 1 is 1.24 bits per heavy atom. The van der Waals surface area contributed by atoms with Crippen LogP contribution in [-0.2, 0) is 4.74 Å². The lowest BCUT2D eigenvalue weighted by molar-refractivity contribution is 0.115. The number of nitrogens with zero attached hydrogens (tertiary/aromatic N) is 6. The first-order valence-electron chi connectivity index (χ1n) is 11.1. The highest BCUT2D eigenvalue weighted by Gasteiger charge is 2.21. The van der Waals surface area contributed by atoms with Crippen molar-refractivity contribution in [3.05, 3.63) is 18.5 Å². The number of guanidine groups is 1. The van der Waals surface area contributed by atoms with Crippen LogP contribution < -0.4 is 10.2 Å². The van der Waals surface area contributed by atoms with Crippen LogP contribution in [0.2, 0.25) is 0 Å². The molecular formula is C21H37N7O. The van der Waals surface area contributed by atoms with Gasteiger partial charge in [-0.25, -0.2) is 9.97 Å². The molecule has 2 aliphatic rings. The molecule has 1 aliphatic carbocycles. The van der Waals surface area contributed by atoms with Gasteiger partial charge in [-0.3, -0.25) is 9.89 Å². The molecule has 8 heteroatoms. The smallest absolute Gasteiger partial charge is 0.225 e. The van der Waals surface area contributed by atoms with Crippen LogP contribution in [0.5, 0.6) is 0 Å². The molecule has 1 saturated heterocycles. The fourth-order valence-corrected chi connectivity index (χ4v) is 3.42. The summed E-state index contributed by atoms with van der Waals surface area (Å²) < 4.78 is 5.76. The number of nitrogens with one attached hydrogen (secondary N) is 1. The van der Waals surface area contributed by atoms with Crippen LogP contribution in [0.25, 0.3) is 0 Å². The molecule has 1 saturated carbocycles. The van der Waals surface area contributed by atoms with E-state index in [1.165, 1.54) is 12.8 Å². The summed E-state index contributed by atoms with van der Waals surface area (Å²) >= 11 is 0. The van der Waals surface area contributed by atoms with Gasteiger partial charge in [0, 0.05) is 78.4 Å². The lowest BCUT2D eigenvalue weighted by Crippen LogP contribution is -2.47. The predicted octanol–water partition coefficient (Wildman–Crippen LogP) is 1.31. The van der Waals surface area contributed by atoms with Crippen LogP contribution in [0.15, 0.2) is 23.5 Å². The van der Waals surface area contributed by atoms with Crippen molar-refractivity contribution in [2.75, 3.05) is 77.5 Å². The Bertz CT molecular complexity index is 600. The summed E-state index contributed by atoms with van der Waals surface area (Å²) in [5.41, 5.74) is 0. The van der Waals surface area contributed by atoms with Gasteiger partial charge in [-0.15, -0.1) is 0 Å². The van der Waals surface area contributed by atoms with Gasteiger partial charge in [-0.2, -0.15) is 0 Å². The van der Waals surface area contributed by atoms with E-state index in [9.17, 15) is 0 Å². The van der Waals surface area contributed by atoms with Crippen molar-refractivity contribution in [3.63, 3.8) is 0 Å². The average molecular weight is 404 g/mol. The van der Waals surface area contributed by atoms with E-state index in [2.05, 4.69) is 44.0 Å². The number of ether oxygens (including phenoxy) is 1. The number of rotatable bonds is 11. The zero-order chi connectivity index (χ0) is 20.3. The molecule has 1 aliphatic heterocycles. The summed E-state index contributed by atoms with van der Waals surface area (Å²) in [4.78, 5) is 20.5. The number of hydrogen-bond acceptors (Lipinski definition) is 6. The number of likely N-dealkylation sites (N-methyl/N-ethyl adjacent to an activating group) is 1. The van der Waals surface area contributed by atoms with Gasteiger partial charge >= 0.3 is 0 Å². The Labute approximate surface area is 175 Å². The Balaban J connectivity index is 1.31. The third-order valence-corrected chi connectivity index (χ3v) is 5.42. The van der Waals surface area contributed by atoms with E-state index >= 15 is 0 Å². The van der Waals surface area contributed by atoms with Gasteiger partial charge in [0.15, 0.2) is 5.96 Å². The molecule has 0 atom stereocenters. The topological polar surface area (TPSA) is 69.1 Å². The van der Waals surface area contributed by atoms with Crippen LogP contribution in [0, 0.1) is 5.92 Å². The Kier molecular flexibility index (Phi) is 8.95. The largest absolute Gasteiger partial charge is 0.379 e. The highest BCUT2D eigenvalue weighted by Crippen LogP contribution is 2.28. The first-order valence-corrected chi connectivity index (χ1v) is 11.1. The molecular weight excluding hydrogens is 366 g/mol. The molecule has 2 fully saturated rings. The number of aromatic nitrogens is 2. The van der Waals surface area contributed by atoms with Gasteiger partial charge in [0.05, 0.1) is 6.61 Å². The van der Waals surface area contributed by atoms with Gasteiger partial charge in [-0.05, 0) is 38.2 Å². The number of anilines is 1. The van der Waals surface area contributed by atoms with Gasteiger partial charge in [-0.1, -0.05) is 0 Å². The normalized spacial score (nSPS) is 18.1. The molecule has 3 rings (SSSR count). The fourth-order valence-electron chi connectivity index (χ4n) is 3.42. The minimum atomic E-state index is 0.771. The second kappa shape index (κ2) is 11.9. The summed E-state index contributed by atoms with van der Waals surface area (Å²) in [6.45, 7) is 11.6. The second-order valence-corrected chi connectivity index (χ2v) is 7.91. The number of piperazine rings is 1. The molecule has 162 valence electrons. The van der Waals surface area contributed by atoms with Crippen LogP contribution >= 0.6 is 0 Å². The van der Waals surface area contributed by atoms with E-state index in [1.54, 1.807) is 0 Å². The zero-order valence-electron chi connectivity index (χ0n) is 18.1. The lowest BCUT2D eigenvalue weighted by atomic mass is 10.3. The summed E-state index contributed by atoms with van der Waals surface area (Å²) in [5.74, 6) is 2.65. The Morgan fingerprint density at radius 3 is 2.69 bits per heavy atom. The molecule has 1 aromatic rings. The molecule has 0 amide bonds. The van der Waals surface area contributed by atoms with Crippen LogP contribution in [-0.4, -0.2) is 98.3 Å². The van der Waals surface area contributed by atoms with E-state index in [4.69, 9.17) is 9.73 Å². The van der Waals surface area contributed by atoms with Gasteiger partial charge < -0.3 is 19.9 Å². The van der Waals surface area contributed by atoms with Crippen molar-refractivity contribution in [2.24, 2.45) is 10.9 Å². The van der Waals surface area contributed by atoms with Crippen molar-refractivity contribution >= 4 is 11.9 Å². The molecule has 0 bridgehead atoms. The summed E-state index contributed by atoms with van der Waals surface area (Å²) in [7, 11) is 2.09. The molecule has 0 spiro atoms. The zero-order valence-corrected chi connectivity index (χ0v) is 18.1. The van der Waals surface area contributed by atoms with Crippen molar-refractivity contribution in [1.82, 2.24) is 25.1 Å². The van der Waals surface area contributed by atoms with Crippen molar-refractivity contribution < 1.29 is 4.74 Å². The maximum absolute atomic E-state index is 5.76.